The summed E-state index contributed by atoms with van der Waals surface area (Å²) in [4.78, 5) is 3.96. The maximum absolute atomic E-state index is 5.07. The van der Waals surface area contributed by atoms with Gasteiger partial charge in [-0.15, -0.1) is 0 Å². The zero-order chi connectivity index (χ0) is 9.52. The SMILES string of the molecule is COC(CCCn1ccnc1)OC. The number of imidazole rings is 1. The summed E-state index contributed by atoms with van der Waals surface area (Å²) in [7, 11) is 3.32. The van der Waals surface area contributed by atoms with E-state index in [0.717, 1.165) is 19.4 Å². The number of ether oxygens (including phenoxy) is 2. The normalized spacial score (nSPS) is 11.0. The molecule has 0 unspecified atom stereocenters. The maximum atomic E-state index is 5.07. The maximum Gasteiger partial charge on any atom is 0.156 e. The summed E-state index contributed by atoms with van der Waals surface area (Å²) < 4.78 is 12.2. The van der Waals surface area contributed by atoms with Gasteiger partial charge in [-0.25, -0.2) is 4.98 Å². The van der Waals surface area contributed by atoms with Gasteiger partial charge in [-0.2, -0.15) is 0 Å². The number of hydrogen-bond donors (Lipinski definition) is 0. The average molecular weight is 184 g/mol. The van der Waals surface area contributed by atoms with Crippen molar-refractivity contribution in [1.29, 1.82) is 0 Å². The summed E-state index contributed by atoms with van der Waals surface area (Å²) in [5, 5.41) is 0. The van der Waals surface area contributed by atoms with Gasteiger partial charge in [0, 0.05) is 39.6 Å². The van der Waals surface area contributed by atoms with Crippen LogP contribution in [-0.4, -0.2) is 30.1 Å². The highest BCUT2D eigenvalue weighted by Crippen LogP contribution is 2.03. The van der Waals surface area contributed by atoms with E-state index in [1.54, 1.807) is 20.4 Å². The van der Waals surface area contributed by atoms with Crippen LogP contribution in [0, 0.1) is 0 Å². The minimum Gasteiger partial charge on any atom is -0.356 e. The Morgan fingerprint density at radius 2 is 2.15 bits per heavy atom. The van der Waals surface area contributed by atoms with E-state index in [1.165, 1.54) is 0 Å². The molecular formula is C9H16N2O2. The summed E-state index contributed by atoms with van der Waals surface area (Å²) >= 11 is 0. The van der Waals surface area contributed by atoms with Crippen LogP contribution in [0.1, 0.15) is 12.8 Å². The van der Waals surface area contributed by atoms with E-state index in [9.17, 15) is 0 Å². The third-order valence-corrected chi connectivity index (χ3v) is 1.94. The van der Waals surface area contributed by atoms with E-state index in [2.05, 4.69) is 4.98 Å². The summed E-state index contributed by atoms with van der Waals surface area (Å²) in [6.07, 6.45) is 7.41. The largest absolute Gasteiger partial charge is 0.356 e. The van der Waals surface area contributed by atoms with E-state index in [-0.39, 0.29) is 6.29 Å². The van der Waals surface area contributed by atoms with Crippen molar-refractivity contribution in [2.75, 3.05) is 14.2 Å². The van der Waals surface area contributed by atoms with Gasteiger partial charge in [0.1, 0.15) is 0 Å². The highest BCUT2D eigenvalue weighted by atomic mass is 16.7. The van der Waals surface area contributed by atoms with Gasteiger partial charge in [-0.05, 0) is 6.42 Å². The van der Waals surface area contributed by atoms with Gasteiger partial charge in [0.25, 0.3) is 0 Å². The average Bonchev–Trinajstić information content (AvgIpc) is 2.65. The lowest BCUT2D eigenvalue weighted by atomic mass is 10.3. The molecular weight excluding hydrogens is 168 g/mol. The molecule has 0 fully saturated rings. The highest BCUT2D eigenvalue weighted by Gasteiger charge is 2.03. The molecule has 4 heteroatoms. The van der Waals surface area contributed by atoms with Crippen LogP contribution in [0.4, 0.5) is 0 Å². The number of nitrogens with zero attached hydrogens (tertiary/aromatic N) is 2. The molecule has 0 bridgehead atoms. The van der Waals surface area contributed by atoms with Crippen LogP contribution < -0.4 is 0 Å². The zero-order valence-electron chi connectivity index (χ0n) is 8.14. The van der Waals surface area contributed by atoms with E-state index >= 15 is 0 Å². The molecule has 4 nitrogen and oxygen atoms in total. The second-order valence-electron chi connectivity index (χ2n) is 2.84. The van der Waals surface area contributed by atoms with Crippen molar-refractivity contribution in [3.8, 4) is 0 Å². The Balaban J connectivity index is 2.13. The number of aryl methyl sites for hydroxylation is 1. The second kappa shape index (κ2) is 5.72. The Hall–Kier alpha value is -0.870. The van der Waals surface area contributed by atoms with E-state index < -0.39 is 0 Å². The van der Waals surface area contributed by atoms with E-state index in [1.807, 2.05) is 17.1 Å². The summed E-state index contributed by atoms with van der Waals surface area (Å²) in [5.41, 5.74) is 0. The molecule has 0 saturated carbocycles. The fourth-order valence-electron chi connectivity index (χ4n) is 1.19. The van der Waals surface area contributed by atoms with Crippen molar-refractivity contribution in [2.24, 2.45) is 0 Å². The van der Waals surface area contributed by atoms with Crippen LogP contribution in [0.15, 0.2) is 18.7 Å². The van der Waals surface area contributed by atoms with Crippen molar-refractivity contribution >= 4 is 0 Å². The molecule has 0 amide bonds. The standard InChI is InChI=1S/C9H16N2O2/c1-12-9(13-2)4-3-6-11-7-5-10-8-11/h5,7-9H,3-4,6H2,1-2H3. The molecule has 0 aliphatic heterocycles. The minimum absolute atomic E-state index is 0.0801. The summed E-state index contributed by atoms with van der Waals surface area (Å²) in [5.74, 6) is 0. The molecule has 13 heavy (non-hydrogen) atoms. The predicted octanol–water partition coefficient (Wildman–Crippen LogP) is 1.28. The molecule has 1 rings (SSSR count). The molecule has 0 aromatic carbocycles. The third kappa shape index (κ3) is 3.57. The number of hydrogen-bond acceptors (Lipinski definition) is 3. The molecule has 0 aliphatic carbocycles. The topological polar surface area (TPSA) is 36.3 Å². The lowest BCUT2D eigenvalue weighted by Crippen LogP contribution is -2.13. The van der Waals surface area contributed by atoms with Crippen LogP contribution in [0.3, 0.4) is 0 Å². The lowest BCUT2D eigenvalue weighted by Gasteiger charge is -2.12. The summed E-state index contributed by atoms with van der Waals surface area (Å²) in [6.45, 7) is 0.962. The molecule has 1 aromatic rings. The van der Waals surface area contributed by atoms with Crippen LogP contribution in [0.25, 0.3) is 0 Å². The molecule has 1 aromatic heterocycles. The van der Waals surface area contributed by atoms with Gasteiger partial charge in [-0.1, -0.05) is 0 Å². The first-order valence-corrected chi connectivity index (χ1v) is 4.38. The predicted molar refractivity (Wildman–Crippen MR) is 49.3 cm³/mol. The van der Waals surface area contributed by atoms with Gasteiger partial charge < -0.3 is 14.0 Å². The van der Waals surface area contributed by atoms with Crippen molar-refractivity contribution in [3.05, 3.63) is 18.7 Å². The molecule has 0 atom stereocenters. The third-order valence-electron chi connectivity index (χ3n) is 1.94. The minimum atomic E-state index is -0.0801. The Morgan fingerprint density at radius 1 is 1.38 bits per heavy atom. The molecule has 0 N–H and O–H groups in total. The van der Waals surface area contributed by atoms with Gasteiger partial charge in [0.15, 0.2) is 6.29 Å². The molecule has 1 heterocycles. The van der Waals surface area contributed by atoms with Crippen LogP contribution in [0.2, 0.25) is 0 Å². The van der Waals surface area contributed by atoms with Crippen molar-refractivity contribution in [1.82, 2.24) is 9.55 Å². The smallest absolute Gasteiger partial charge is 0.156 e. The highest BCUT2D eigenvalue weighted by molar-refractivity contribution is 4.73. The number of aromatic nitrogens is 2. The van der Waals surface area contributed by atoms with Crippen molar-refractivity contribution < 1.29 is 9.47 Å². The van der Waals surface area contributed by atoms with E-state index in [0.29, 0.717) is 0 Å². The van der Waals surface area contributed by atoms with Crippen molar-refractivity contribution in [2.45, 2.75) is 25.7 Å². The molecule has 0 aliphatic rings. The first-order valence-electron chi connectivity index (χ1n) is 4.38. The lowest BCUT2D eigenvalue weighted by molar-refractivity contribution is -0.107. The molecule has 0 saturated heterocycles. The first kappa shape index (κ1) is 10.2. The molecule has 74 valence electrons. The van der Waals surface area contributed by atoms with Crippen LogP contribution >= 0.6 is 0 Å². The summed E-state index contributed by atoms with van der Waals surface area (Å²) in [6, 6.07) is 0. The molecule has 0 spiro atoms. The first-order chi connectivity index (χ1) is 6.36. The van der Waals surface area contributed by atoms with Gasteiger partial charge in [0.05, 0.1) is 6.33 Å². The zero-order valence-corrected chi connectivity index (χ0v) is 8.14. The monoisotopic (exact) mass is 184 g/mol. The van der Waals surface area contributed by atoms with E-state index in [4.69, 9.17) is 9.47 Å². The van der Waals surface area contributed by atoms with Gasteiger partial charge in [0.2, 0.25) is 0 Å². The molecule has 0 radical (unpaired) electrons. The van der Waals surface area contributed by atoms with Crippen LogP contribution in [0.5, 0.6) is 0 Å². The number of rotatable bonds is 6. The Kier molecular flexibility index (Phi) is 4.49. The second-order valence-corrected chi connectivity index (χ2v) is 2.84. The van der Waals surface area contributed by atoms with Crippen molar-refractivity contribution in [3.63, 3.8) is 0 Å². The van der Waals surface area contributed by atoms with Gasteiger partial charge in [-0.3, -0.25) is 0 Å². The Morgan fingerprint density at radius 3 is 2.69 bits per heavy atom. The fourth-order valence-corrected chi connectivity index (χ4v) is 1.19. The fraction of sp³-hybridized carbons (Fsp3) is 0.667. The van der Waals surface area contributed by atoms with Gasteiger partial charge >= 0.3 is 0 Å². The Bertz CT molecular complexity index is 207. The Labute approximate surface area is 78.5 Å². The van der Waals surface area contributed by atoms with Crippen LogP contribution in [-0.2, 0) is 16.0 Å². The quantitative estimate of drug-likeness (QED) is 0.625. The number of methoxy groups -OCH3 is 2.